The van der Waals surface area contributed by atoms with Gasteiger partial charge in [-0.2, -0.15) is 0 Å². The van der Waals surface area contributed by atoms with Crippen LogP contribution in [0.4, 0.5) is 5.69 Å². The molecule has 1 heterocycles. The van der Waals surface area contributed by atoms with Crippen molar-refractivity contribution in [2.24, 2.45) is 11.8 Å². The van der Waals surface area contributed by atoms with Crippen LogP contribution < -0.4 is 14.8 Å². The summed E-state index contributed by atoms with van der Waals surface area (Å²) in [5, 5.41) is 3.71. The molecule has 3 atom stereocenters. The Morgan fingerprint density at radius 1 is 1.00 bits per heavy atom. The molecule has 102 valence electrons. The van der Waals surface area contributed by atoms with E-state index < -0.39 is 0 Å². The Labute approximate surface area is 114 Å². The Morgan fingerprint density at radius 2 is 1.89 bits per heavy atom. The first-order chi connectivity index (χ1) is 9.38. The van der Waals surface area contributed by atoms with Gasteiger partial charge in [0.2, 0.25) is 0 Å². The monoisotopic (exact) mass is 259 g/mol. The number of anilines is 1. The van der Waals surface area contributed by atoms with Gasteiger partial charge in [0.15, 0.2) is 11.5 Å². The summed E-state index contributed by atoms with van der Waals surface area (Å²) in [4.78, 5) is 0. The molecule has 3 aliphatic rings. The smallest absolute Gasteiger partial charge is 0.163 e. The third-order valence-electron chi connectivity index (χ3n) is 4.84. The van der Waals surface area contributed by atoms with E-state index in [1.807, 2.05) is 6.07 Å². The minimum atomic E-state index is 0.670. The zero-order valence-corrected chi connectivity index (χ0v) is 11.2. The van der Waals surface area contributed by atoms with Gasteiger partial charge in [0, 0.05) is 24.2 Å². The summed E-state index contributed by atoms with van der Waals surface area (Å²) >= 11 is 0. The third kappa shape index (κ3) is 2.15. The molecule has 2 bridgehead atoms. The van der Waals surface area contributed by atoms with Crippen molar-refractivity contribution >= 4 is 5.69 Å². The number of hydrogen-bond acceptors (Lipinski definition) is 3. The van der Waals surface area contributed by atoms with Gasteiger partial charge in [-0.15, -0.1) is 0 Å². The molecule has 0 aromatic heterocycles. The summed E-state index contributed by atoms with van der Waals surface area (Å²) in [6, 6.07) is 6.94. The Hall–Kier alpha value is -1.38. The minimum absolute atomic E-state index is 0.670. The van der Waals surface area contributed by atoms with Crippen molar-refractivity contribution in [2.45, 2.75) is 38.1 Å². The molecule has 3 heteroatoms. The summed E-state index contributed by atoms with van der Waals surface area (Å²) in [6.07, 6.45) is 6.60. The number of nitrogens with one attached hydrogen (secondary N) is 1. The van der Waals surface area contributed by atoms with Gasteiger partial charge in [-0.1, -0.05) is 6.42 Å². The topological polar surface area (TPSA) is 30.5 Å². The molecule has 2 saturated carbocycles. The number of benzene rings is 1. The second-order valence-corrected chi connectivity index (χ2v) is 6.14. The maximum atomic E-state index is 5.75. The molecule has 1 aromatic carbocycles. The molecule has 19 heavy (non-hydrogen) atoms. The molecule has 2 aliphatic carbocycles. The van der Waals surface area contributed by atoms with E-state index in [2.05, 4.69) is 17.4 Å². The van der Waals surface area contributed by atoms with Crippen molar-refractivity contribution in [2.75, 3.05) is 18.5 Å². The van der Waals surface area contributed by atoms with Crippen LogP contribution in [0.3, 0.4) is 0 Å². The summed E-state index contributed by atoms with van der Waals surface area (Å²) in [5.74, 6) is 3.64. The van der Waals surface area contributed by atoms with Gasteiger partial charge in [0.05, 0.1) is 13.2 Å². The summed E-state index contributed by atoms with van der Waals surface area (Å²) in [6.45, 7) is 1.51. The number of ether oxygens (including phenoxy) is 2. The van der Waals surface area contributed by atoms with Crippen LogP contribution in [0.1, 0.15) is 32.1 Å². The molecule has 1 aliphatic heterocycles. The lowest BCUT2D eigenvalue weighted by Gasteiger charge is -2.24. The molecule has 1 N–H and O–H groups in total. The molecule has 3 unspecified atom stereocenters. The lowest BCUT2D eigenvalue weighted by atomic mass is 9.95. The van der Waals surface area contributed by atoms with Crippen LogP contribution in [-0.2, 0) is 0 Å². The fraction of sp³-hybridized carbons (Fsp3) is 0.625. The highest BCUT2D eigenvalue weighted by atomic mass is 16.5. The second kappa shape index (κ2) is 4.62. The Kier molecular flexibility index (Phi) is 2.78. The van der Waals surface area contributed by atoms with Gasteiger partial charge in [-0.3, -0.25) is 0 Å². The first kappa shape index (κ1) is 11.4. The highest BCUT2D eigenvalue weighted by Gasteiger charge is 2.39. The van der Waals surface area contributed by atoms with Crippen LogP contribution in [0.25, 0.3) is 0 Å². The van der Waals surface area contributed by atoms with Crippen LogP contribution >= 0.6 is 0 Å². The fourth-order valence-corrected chi connectivity index (χ4v) is 3.89. The van der Waals surface area contributed by atoms with Crippen molar-refractivity contribution in [3.05, 3.63) is 18.2 Å². The predicted octanol–water partition coefficient (Wildman–Crippen LogP) is 3.45. The molecular formula is C16H21NO2. The average Bonchev–Trinajstić information content (AvgIpc) is 2.95. The third-order valence-corrected chi connectivity index (χ3v) is 4.84. The average molecular weight is 259 g/mol. The number of rotatable bonds is 2. The quantitative estimate of drug-likeness (QED) is 0.882. The maximum absolute atomic E-state index is 5.75. The molecule has 2 fully saturated rings. The molecule has 0 saturated heterocycles. The first-order valence-electron chi connectivity index (χ1n) is 7.55. The van der Waals surface area contributed by atoms with Crippen LogP contribution in [-0.4, -0.2) is 19.3 Å². The van der Waals surface area contributed by atoms with Gasteiger partial charge >= 0.3 is 0 Å². The maximum Gasteiger partial charge on any atom is 0.163 e. The van der Waals surface area contributed by atoms with E-state index in [1.54, 1.807) is 0 Å². The summed E-state index contributed by atoms with van der Waals surface area (Å²) in [7, 11) is 0. The molecule has 4 rings (SSSR count). The zero-order valence-electron chi connectivity index (χ0n) is 11.2. The van der Waals surface area contributed by atoms with Crippen LogP contribution in [0.15, 0.2) is 18.2 Å². The minimum Gasteiger partial charge on any atom is -0.490 e. The van der Waals surface area contributed by atoms with E-state index in [9.17, 15) is 0 Å². The van der Waals surface area contributed by atoms with Gasteiger partial charge in [0.25, 0.3) is 0 Å². The van der Waals surface area contributed by atoms with Gasteiger partial charge < -0.3 is 14.8 Å². The fourth-order valence-electron chi connectivity index (χ4n) is 3.89. The Balaban J connectivity index is 1.51. The Bertz CT molecular complexity index is 474. The SMILES string of the molecule is c1cc2c(cc1NC1CC3CCC1C3)OCCCO2. The lowest BCUT2D eigenvalue weighted by molar-refractivity contribution is 0.297. The highest BCUT2D eigenvalue weighted by molar-refractivity contribution is 5.55. The first-order valence-corrected chi connectivity index (χ1v) is 7.55. The number of fused-ring (bicyclic) bond motifs is 3. The number of hydrogen-bond donors (Lipinski definition) is 1. The summed E-state index contributed by atoms with van der Waals surface area (Å²) < 4.78 is 11.4. The highest BCUT2D eigenvalue weighted by Crippen LogP contribution is 2.46. The Morgan fingerprint density at radius 3 is 2.68 bits per heavy atom. The van der Waals surface area contributed by atoms with E-state index in [0.29, 0.717) is 6.04 Å². The van der Waals surface area contributed by atoms with Crippen molar-refractivity contribution in [3.8, 4) is 11.5 Å². The van der Waals surface area contributed by atoms with E-state index in [4.69, 9.17) is 9.47 Å². The predicted molar refractivity (Wildman–Crippen MR) is 74.9 cm³/mol. The summed E-state index contributed by atoms with van der Waals surface area (Å²) in [5.41, 5.74) is 1.18. The van der Waals surface area contributed by atoms with E-state index in [1.165, 1.54) is 31.4 Å². The molecule has 0 radical (unpaired) electrons. The van der Waals surface area contributed by atoms with Crippen LogP contribution in [0.2, 0.25) is 0 Å². The van der Waals surface area contributed by atoms with Crippen molar-refractivity contribution in [3.63, 3.8) is 0 Å². The van der Waals surface area contributed by atoms with Crippen LogP contribution in [0.5, 0.6) is 11.5 Å². The van der Waals surface area contributed by atoms with Gasteiger partial charge in [-0.25, -0.2) is 0 Å². The molecular weight excluding hydrogens is 238 g/mol. The van der Waals surface area contributed by atoms with Crippen molar-refractivity contribution in [1.82, 2.24) is 0 Å². The van der Waals surface area contributed by atoms with Crippen molar-refractivity contribution < 1.29 is 9.47 Å². The van der Waals surface area contributed by atoms with E-state index >= 15 is 0 Å². The van der Waals surface area contributed by atoms with Gasteiger partial charge in [0.1, 0.15) is 0 Å². The lowest BCUT2D eigenvalue weighted by Crippen LogP contribution is -2.25. The molecule has 3 nitrogen and oxygen atoms in total. The molecule has 0 spiro atoms. The molecule has 1 aromatic rings. The largest absolute Gasteiger partial charge is 0.490 e. The van der Waals surface area contributed by atoms with E-state index in [-0.39, 0.29) is 0 Å². The second-order valence-electron chi connectivity index (χ2n) is 6.14. The van der Waals surface area contributed by atoms with Crippen LogP contribution in [0, 0.1) is 11.8 Å². The standard InChI is InChI=1S/C16H21NO2/c1-6-18-15-5-4-13(10-16(15)19-7-1)17-14-9-11-2-3-12(14)8-11/h4-5,10-12,14,17H,1-3,6-9H2. The van der Waals surface area contributed by atoms with Gasteiger partial charge in [-0.05, 0) is 43.2 Å². The normalized spacial score (nSPS) is 32.1. The van der Waals surface area contributed by atoms with E-state index in [0.717, 1.165) is 43.0 Å². The molecule has 0 amide bonds. The van der Waals surface area contributed by atoms with Crippen molar-refractivity contribution in [1.29, 1.82) is 0 Å². The zero-order chi connectivity index (χ0) is 12.7.